The smallest absolute Gasteiger partial charge is 0.352 e. The molecule has 1 N–H and O–H groups in total. The van der Waals surface area contributed by atoms with Crippen LogP contribution in [0.3, 0.4) is 0 Å². The maximum absolute atomic E-state index is 13.3. The van der Waals surface area contributed by atoms with E-state index in [2.05, 4.69) is 20.6 Å². The minimum atomic E-state index is -0.767. The van der Waals surface area contributed by atoms with Crippen LogP contribution in [-0.2, 0) is 13.1 Å². The largest absolute Gasteiger partial charge is 0.497 e. The quantitative estimate of drug-likeness (QED) is 0.384. The molecule has 0 bridgehead atoms. The lowest BCUT2D eigenvalue weighted by atomic mass is 10.2. The van der Waals surface area contributed by atoms with Gasteiger partial charge in [0.15, 0.2) is 5.69 Å². The van der Waals surface area contributed by atoms with Crippen molar-refractivity contribution >= 4 is 5.91 Å². The van der Waals surface area contributed by atoms with Gasteiger partial charge in [-0.05, 0) is 43.3 Å². The Morgan fingerprint density at radius 3 is 2.53 bits per heavy atom. The number of benzene rings is 2. The molecule has 0 spiro atoms. The molecule has 4 aromatic rings. The van der Waals surface area contributed by atoms with Gasteiger partial charge in [0.25, 0.3) is 5.56 Å². The van der Waals surface area contributed by atoms with E-state index in [9.17, 15) is 18.8 Å². The molecule has 0 unspecified atom stereocenters. The zero-order valence-electron chi connectivity index (χ0n) is 19.5. The van der Waals surface area contributed by atoms with Crippen LogP contribution in [0.4, 0.5) is 4.39 Å². The number of hydrogen-bond donors (Lipinski definition) is 1. The van der Waals surface area contributed by atoms with Crippen LogP contribution in [0.5, 0.6) is 11.5 Å². The van der Waals surface area contributed by atoms with Crippen LogP contribution in [0.1, 0.15) is 23.2 Å². The van der Waals surface area contributed by atoms with Crippen LogP contribution in [0.2, 0.25) is 0 Å². The van der Waals surface area contributed by atoms with E-state index in [0.29, 0.717) is 17.1 Å². The summed E-state index contributed by atoms with van der Waals surface area (Å²) in [4.78, 5) is 42.2. The molecule has 0 aliphatic rings. The Kier molecular flexibility index (Phi) is 6.90. The summed E-state index contributed by atoms with van der Waals surface area (Å²) in [5.41, 5.74) is -0.922. The molecule has 2 aromatic carbocycles. The molecule has 1 amide bonds. The standard InChI is InChI=1S/C23H21FN6O6/c1-4-29-22(32)18(27-30(23(29)33)15-8-6-14(24)7-9-15)19-26-21(36-28-19)20(31)25-12-13-5-10-16(34-2)11-17(13)35-3/h5-11H,4,12H2,1-3H3,(H,25,31). The maximum Gasteiger partial charge on any atom is 0.352 e. The van der Waals surface area contributed by atoms with Gasteiger partial charge in [-0.3, -0.25) is 14.2 Å². The fraction of sp³-hybridized carbons (Fsp3) is 0.217. The van der Waals surface area contributed by atoms with Crippen molar-refractivity contribution in [2.75, 3.05) is 14.2 Å². The average molecular weight is 496 g/mol. The molecule has 0 fully saturated rings. The van der Waals surface area contributed by atoms with E-state index in [0.717, 1.165) is 21.4 Å². The highest BCUT2D eigenvalue weighted by molar-refractivity contribution is 5.89. The number of halogens is 1. The molecular formula is C23H21FN6O6. The molecule has 12 nitrogen and oxygen atoms in total. The average Bonchev–Trinajstić information content (AvgIpc) is 3.38. The first kappa shape index (κ1) is 24.3. The van der Waals surface area contributed by atoms with Gasteiger partial charge in [0.05, 0.1) is 19.9 Å². The minimum Gasteiger partial charge on any atom is -0.497 e. The van der Waals surface area contributed by atoms with Gasteiger partial charge in [-0.15, -0.1) is 0 Å². The summed E-state index contributed by atoms with van der Waals surface area (Å²) in [6, 6.07) is 10.1. The fourth-order valence-electron chi connectivity index (χ4n) is 3.35. The number of carbonyl (C=O) groups is 1. The zero-order valence-corrected chi connectivity index (χ0v) is 19.5. The van der Waals surface area contributed by atoms with E-state index in [4.69, 9.17) is 14.0 Å². The number of methoxy groups -OCH3 is 2. The van der Waals surface area contributed by atoms with Crippen LogP contribution >= 0.6 is 0 Å². The van der Waals surface area contributed by atoms with Gasteiger partial charge in [0.1, 0.15) is 17.3 Å². The second kappa shape index (κ2) is 10.2. The van der Waals surface area contributed by atoms with E-state index in [1.807, 2.05) is 0 Å². The summed E-state index contributed by atoms with van der Waals surface area (Å²) in [5, 5.41) is 10.4. The Morgan fingerprint density at radius 1 is 1.11 bits per heavy atom. The number of aromatic nitrogens is 5. The first-order valence-corrected chi connectivity index (χ1v) is 10.7. The summed E-state index contributed by atoms with van der Waals surface area (Å²) in [5.74, 6) is -0.804. The molecule has 0 radical (unpaired) electrons. The number of ether oxygens (including phenoxy) is 2. The van der Waals surface area contributed by atoms with Crippen molar-refractivity contribution < 1.29 is 23.2 Å². The number of hydrogen-bond acceptors (Lipinski definition) is 9. The van der Waals surface area contributed by atoms with Crippen molar-refractivity contribution in [3.8, 4) is 28.7 Å². The number of rotatable bonds is 8. The Balaban J connectivity index is 1.62. The van der Waals surface area contributed by atoms with Gasteiger partial charge >= 0.3 is 17.5 Å². The number of nitrogens with one attached hydrogen (secondary N) is 1. The monoisotopic (exact) mass is 496 g/mol. The molecule has 0 aliphatic heterocycles. The topological polar surface area (TPSA) is 143 Å². The minimum absolute atomic E-state index is 0.0310. The number of nitrogens with zero attached hydrogens (tertiary/aromatic N) is 5. The van der Waals surface area contributed by atoms with E-state index >= 15 is 0 Å². The highest BCUT2D eigenvalue weighted by Crippen LogP contribution is 2.24. The highest BCUT2D eigenvalue weighted by Gasteiger charge is 2.22. The Hall–Kier alpha value is -4.81. The van der Waals surface area contributed by atoms with E-state index in [-0.39, 0.29) is 30.3 Å². The van der Waals surface area contributed by atoms with E-state index in [1.165, 1.54) is 26.4 Å². The summed E-state index contributed by atoms with van der Waals surface area (Å²) in [7, 11) is 3.02. The van der Waals surface area contributed by atoms with E-state index in [1.54, 1.807) is 25.1 Å². The van der Waals surface area contributed by atoms with Gasteiger partial charge < -0.3 is 19.3 Å². The number of amides is 1. The summed E-state index contributed by atoms with van der Waals surface area (Å²) < 4.78 is 30.7. The first-order valence-electron chi connectivity index (χ1n) is 10.7. The second-order valence-corrected chi connectivity index (χ2v) is 7.35. The lowest BCUT2D eigenvalue weighted by molar-refractivity contribution is 0.0906. The third-order valence-corrected chi connectivity index (χ3v) is 5.21. The molecular weight excluding hydrogens is 475 g/mol. The van der Waals surface area contributed by atoms with Crippen LogP contribution in [-0.4, -0.2) is 44.6 Å². The summed E-state index contributed by atoms with van der Waals surface area (Å²) in [6.45, 7) is 1.72. The van der Waals surface area contributed by atoms with E-state index < -0.39 is 28.9 Å². The highest BCUT2D eigenvalue weighted by atomic mass is 19.1. The lowest BCUT2D eigenvalue weighted by Gasteiger charge is -2.10. The third-order valence-electron chi connectivity index (χ3n) is 5.21. The van der Waals surface area contributed by atoms with Crippen molar-refractivity contribution in [2.24, 2.45) is 0 Å². The predicted octanol–water partition coefficient (Wildman–Crippen LogP) is 1.55. The summed E-state index contributed by atoms with van der Waals surface area (Å²) in [6.07, 6.45) is 0. The molecule has 13 heteroatoms. The van der Waals surface area contributed by atoms with Crippen LogP contribution in [0.25, 0.3) is 17.2 Å². The van der Waals surface area contributed by atoms with Crippen molar-refractivity contribution in [3.63, 3.8) is 0 Å². The first-order chi connectivity index (χ1) is 17.4. The molecule has 186 valence electrons. The maximum atomic E-state index is 13.3. The van der Waals surface area contributed by atoms with Gasteiger partial charge in [-0.1, -0.05) is 5.16 Å². The van der Waals surface area contributed by atoms with Crippen LogP contribution in [0, 0.1) is 5.82 Å². The molecule has 2 aromatic heterocycles. The van der Waals surface area contributed by atoms with Gasteiger partial charge in [-0.25, -0.2) is 9.18 Å². The normalized spacial score (nSPS) is 10.8. The second-order valence-electron chi connectivity index (χ2n) is 7.35. The molecule has 36 heavy (non-hydrogen) atoms. The van der Waals surface area contributed by atoms with Gasteiger partial charge in [0, 0.05) is 24.7 Å². The zero-order chi connectivity index (χ0) is 25.8. The van der Waals surface area contributed by atoms with Crippen LogP contribution in [0.15, 0.2) is 56.6 Å². The third kappa shape index (κ3) is 4.71. The molecule has 0 aliphatic carbocycles. The SMILES string of the molecule is CCn1c(=O)c(-c2noc(C(=O)NCc3ccc(OC)cc3OC)n2)nn(-c2ccc(F)cc2)c1=O. The number of carbonyl (C=O) groups excluding carboxylic acids is 1. The van der Waals surface area contributed by atoms with Crippen molar-refractivity contribution in [2.45, 2.75) is 20.0 Å². The van der Waals surface area contributed by atoms with Crippen molar-refractivity contribution in [3.05, 3.63) is 80.6 Å². The molecule has 0 atom stereocenters. The van der Waals surface area contributed by atoms with Crippen LogP contribution < -0.4 is 26.0 Å². The summed E-state index contributed by atoms with van der Waals surface area (Å²) >= 11 is 0. The molecule has 0 saturated heterocycles. The fourth-order valence-corrected chi connectivity index (χ4v) is 3.35. The molecule has 2 heterocycles. The van der Waals surface area contributed by atoms with Gasteiger partial charge in [0.2, 0.25) is 5.82 Å². The lowest BCUT2D eigenvalue weighted by Crippen LogP contribution is -2.41. The van der Waals surface area contributed by atoms with Gasteiger partial charge in [-0.2, -0.15) is 14.8 Å². The Morgan fingerprint density at radius 2 is 1.86 bits per heavy atom. The molecule has 4 rings (SSSR count). The van der Waals surface area contributed by atoms with Crippen molar-refractivity contribution in [1.82, 2.24) is 29.8 Å². The Labute approximate surface area is 202 Å². The predicted molar refractivity (Wildman–Crippen MR) is 124 cm³/mol. The van der Waals surface area contributed by atoms with Crippen molar-refractivity contribution in [1.29, 1.82) is 0 Å². The molecule has 0 saturated carbocycles. The Bertz CT molecular complexity index is 1530.